The third-order valence-electron chi connectivity index (χ3n) is 3.45. The zero-order chi connectivity index (χ0) is 12.5. The highest BCUT2D eigenvalue weighted by atomic mass is 79.9. The van der Waals surface area contributed by atoms with E-state index in [4.69, 9.17) is 4.74 Å². The topological polar surface area (TPSA) is 9.23 Å². The van der Waals surface area contributed by atoms with Crippen LogP contribution in [0.5, 0.6) is 5.75 Å². The number of benzene rings is 1. The summed E-state index contributed by atoms with van der Waals surface area (Å²) in [5.74, 6) is 1.15. The van der Waals surface area contributed by atoms with Crippen molar-refractivity contribution in [1.82, 2.24) is 0 Å². The predicted molar refractivity (Wildman–Crippen MR) is 76.3 cm³/mol. The second-order valence-corrected chi connectivity index (χ2v) is 7.18. The summed E-state index contributed by atoms with van der Waals surface area (Å²) in [6.07, 6.45) is 3.42. The Hall–Kier alpha value is -0.500. The van der Waals surface area contributed by atoms with Gasteiger partial charge in [0.05, 0.1) is 6.61 Å². The molecule has 0 bridgehead atoms. The zero-order valence-electron chi connectivity index (χ0n) is 10.9. The molecular weight excluding hydrogens is 276 g/mol. The van der Waals surface area contributed by atoms with Gasteiger partial charge in [0.2, 0.25) is 0 Å². The Bertz CT molecular complexity index is 396. The smallest absolute Gasteiger partial charge is 0.126 e. The number of ether oxygens (including phenoxy) is 1. The third-order valence-corrected chi connectivity index (χ3v) is 3.78. The molecule has 0 radical (unpaired) electrons. The van der Waals surface area contributed by atoms with Crippen molar-refractivity contribution in [2.45, 2.75) is 50.3 Å². The first kappa shape index (κ1) is 12.9. The molecule has 0 N–H and O–H groups in total. The van der Waals surface area contributed by atoms with E-state index in [9.17, 15) is 0 Å². The second-order valence-electron chi connectivity index (χ2n) is 5.61. The molecule has 1 aromatic carbocycles. The van der Waals surface area contributed by atoms with Crippen LogP contribution in [0.3, 0.4) is 0 Å². The molecule has 2 rings (SSSR count). The quantitative estimate of drug-likeness (QED) is 0.748. The monoisotopic (exact) mass is 296 g/mol. The molecule has 1 unspecified atom stereocenters. The average Bonchev–Trinajstić information content (AvgIpc) is 2.26. The number of hydrogen-bond acceptors (Lipinski definition) is 1. The Morgan fingerprint density at radius 2 is 2.18 bits per heavy atom. The molecule has 1 nitrogen and oxygen atoms in total. The van der Waals surface area contributed by atoms with Gasteiger partial charge in [0.1, 0.15) is 5.75 Å². The summed E-state index contributed by atoms with van der Waals surface area (Å²) in [5.41, 5.74) is 2.90. The lowest BCUT2D eigenvalue weighted by Crippen LogP contribution is -2.23. The van der Waals surface area contributed by atoms with E-state index in [1.54, 1.807) is 0 Å². The Morgan fingerprint density at radius 3 is 2.88 bits per heavy atom. The van der Waals surface area contributed by atoms with Gasteiger partial charge in [-0.05, 0) is 30.2 Å². The van der Waals surface area contributed by atoms with Crippen LogP contribution >= 0.6 is 15.9 Å². The molecule has 0 amide bonds. The number of para-hydroxylation sites is 1. The molecule has 1 heterocycles. The highest BCUT2D eigenvalue weighted by molar-refractivity contribution is 9.09. The van der Waals surface area contributed by atoms with Gasteiger partial charge in [-0.1, -0.05) is 54.9 Å². The number of alkyl halides is 1. The normalized spacial score (nSPS) is 17.2. The van der Waals surface area contributed by atoms with Crippen molar-refractivity contribution in [1.29, 1.82) is 0 Å². The molecule has 1 atom stereocenters. The van der Waals surface area contributed by atoms with E-state index in [0.29, 0.717) is 4.83 Å². The van der Waals surface area contributed by atoms with Gasteiger partial charge >= 0.3 is 0 Å². The van der Waals surface area contributed by atoms with Crippen molar-refractivity contribution in [3.05, 3.63) is 29.3 Å². The molecule has 94 valence electrons. The van der Waals surface area contributed by atoms with E-state index in [2.05, 4.69) is 54.9 Å². The van der Waals surface area contributed by atoms with Gasteiger partial charge in [0, 0.05) is 10.4 Å². The van der Waals surface area contributed by atoms with E-state index >= 15 is 0 Å². The SMILES string of the molecule is CC(Br)CC(C)(C)c1cccc2c1OCCC2. The lowest BCUT2D eigenvalue weighted by atomic mass is 9.79. The van der Waals surface area contributed by atoms with E-state index < -0.39 is 0 Å². The van der Waals surface area contributed by atoms with Crippen molar-refractivity contribution in [3.63, 3.8) is 0 Å². The predicted octanol–water partition coefficient (Wildman–Crippen LogP) is 4.46. The molecule has 0 saturated carbocycles. The third kappa shape index (κ3) is 2.85. The summed E-state index contributed by atoms with van der Waals surface area (Å²) in [6.45, 7) is 7.68. The molecule has 1 aliphatic rings. The summed E-state index contributed by atoms with van der Waals surface area (Å²) in [4.78, 5) is 0.525. The molecular formula is C15H21BrO. The summed E-state index contributed by atoms with van der Waals surface area (Å²) >= 11 is 3.66. The number of fused-ring (bicyclic) bond motifs is 1. The molecule has 0 aromatic heterocycles. The van der Waals surface area contributed by atoms with Crippen LogP contribution in [0.1, 0.15) is 44.7 Å². The van der Waals surface area contributed by atoms with Crippen LogP contribution in [0.4, 0.5) is 0 Å². The lowest BCUT2D eigenvalue weighted by Gasteiger charge is -2.31. The molecule has 17 heavy (non-hydrogen) atoms. The minimum absolute atomic E-state index is 0.158. The van der Waals surface area contributed by atoms with Crippen LogP contribution in [-0.2, 0) is 11.8 Å². The van der Waals surface area contributed by atoms with Gasteiger partial charge in [-0.15, -0.1) is 0 Å². The van der Waals surface area contributed by atoms with Crippen LogP contribution in [0.2, 0.25) is 0 Å². The van der Waals surface area contributed by atoms with E-state index in [1.165, 1.54) is 11.1 Å². The Morgan fingerprint density at radius 1 is 1.41 bits per heavy atom. The highest BCUT2D eigenvalue weighted by Crippen LogP contribution is 2.40. The van der Waals surface area contributed by atoms with Crippen molar-refractivity contribution >= 4 is 15.9 Å². The maximum Gasteiger partial charge on any atom is 0.126 e. The van der Waals surface area contributed by atoms with Crippen LogP contribution in [0.25, 0.3) is 0 Å². The summed E-state index contributed by atoms with van der Waals surface area (Å²) in [6, 6.07) is 6.59. The van der Waals surface area contributed by atoms with Crippen LogP contribution < -0.4 is 4.74 Å². The first-order chi connectivity index (χ1) is 8.00. The standard InChI is InChI=1S/C15H21BrO/c1-11(16)10-15(2,3)13-8-4-6-12-7-5-9-17-14(12)13/h4,6,8,11H,5,7,9-10H2,1-3H3. The second kappa shape index (κ2) is 5.01. The van der Waals surface area contributed by atoms with Crippen molar-refractivity contribution in [2.24, 2.45) is 0 Å². The Balaban J connectivity index is 2.37. The average molecular weight is 297 g/mol. The Labute approximate surface area is 113 Å². The minimum Gasteiger partial charge on any atom is -0.493 e. The van der Waals surface area contributed by atoms with Gasteiger partial charge in [-0.25, -0.2) is 0 Å². The molecule has 0 spiro atoms. The largest absolute Gasteiger partial charge is 0.493 e. The highest BCUT2D eigenvalue weighted by Gasteiger charge is 2.28. The van der Waals surface area contributed by atoms with Crippen LogP contribution in [-0.4, -0.2) is 11.4 Å². The van der Waals surface area contributed by atoms with Gasteiger partial charge in [0.15, 0.2) is 0 Å². The summed E-state index contributed by atoms with van der Waals surface area (Å²) < 4.78 is 5.91. The molecule has 0 fully saturated rings. The van der Waals surface area contributed by atoms with Gasteiger partial charge < -0.3 is 4.74 Å². The van der Waals surface area contributed by atoms with Crippen LogP contribution in [0.15, 0.2) is 18.2 Å². The van der Waals surface area contributed by atoms with Gasteiger partial charge in [0.25, 0.3) is 0 Å². The number of rotatable bonds is 3. The van der Waals surface area contributed by atoms with Gasteiger partial charge in [-0.2, -0.15) is 0 Å². The molecule has 1 aromatic rings. The van der Waals surface area contributed by atoms with E-state index in [-0.39, 0.29) is 5.41 Å². The Kier molecular flexibility index (Phi) is 3.82. The first-order valence-corrected chi connectivity index (χ1v) is 7.31. The van der Waals surface area contributed by atoms with E-state index in [1.807, 2.05) is 0 Å². The van der Waals surface area contributed by atoms with Gasteiger partial charge in [-0.3, -0.25) is 0 Å². The minimum atomic E-state index is 0.158. The fourth-order valence-corrected chi connectivity index (χ4v) is 3.54. The number of halogens is 1. The van der Waals surface area contributed by atoms with Crippen molar-refractivity contribution in [2.75, 3.05) is 6.61 Å². The van der Waals surface area contributed by atoms with Crippen LogP contribution in [0, 0.1) is 0 Å². The maximum absolute atomic E-state index is 5.91. The fraction of sp³-hybridized carbons (Fsp3) is 0.600. The number of aryl methyl sites for hydroxylation is 1. The summed E-state index contributed by atoms with van der Waals surface area (Å²) in [7, 11) is 0. The lowest BCUT2D eigenvalue weighted by molar-refractivity contribution is 0.277. The zero-order valence-corrected chi connectivity index (χ0v) is 12.5. The fourth-order valence-electron chi connectivity index (χ4n) is 2.74. The maximum atomic E-state index is 5.91. The van der Waals surface area contributed by atoms with Crippen molar-refractivity contribution < 1.29 is 4.74 Å². The van der Waals surface area contributed by atoms with Crippen molar-refractivity contribution in [3.8, 4) is 5.75 Å². The molecule has 0 aliphatic carbocycles. The van der Waals surface area contributed by atoms with E-state index in [0.717, 1.165) is 31.6 Å². The molecule has 0 saturated heterocycles. The molecule has 2 heteroatoms. The number of hydrogen-bond donors (Lipinski definition) is 0. The summed E-state index contributed by atoms with van der Waals surface area (Å²) in [5, 5.41) is 0. The first-order valence-electron chi connectivity index (χ1n) is 6.40. The molecule has 1 aliphatic heterocycles.